The van der Waals surface area contributed by atoms with Crippen molar-refractivity contribution in [2.24, 2.45) is 0 Å². The quantitative estimate of drug-likeness (QED) is 0.493. The zero-order chi connectivity index (χ0) is 20.3. The summed E-state index contributed by atoms with van der Waals surface area (Å²) in [5, 5.41) is 8.01. The van der Waals surface area contributed by atoms with Gasteiger partial charge in [0.05, 0.1) is 10.1 Å². The van der Waals surface area contributed by atoms with Gasteiger partial charge in [0, 0.05) is 6.54 Å². The van der Waals surface area contributed by atoms with Gasteiger partial charge in [-0.1, -0.05) is 38.1 Å². The number of phenolic OH excluding ortho intramolecular Hbond substituents is 1. The molecule has 0 aliphatic carbocycles. The zero-order valence-corrected chi connectivity index (χ0v) is 16.9. The van der Waals surface area contributed by atoms with Gasteiger partial charge in [0.1, 0.15) is 5.75 Å². The highest BCUT2D eigenvalue weighted by Gasteiger charge is 2.45. The molecular formula is C18H24NO6PS. The van der Waals surface area contributed by atoms with Gasteiger partial charge in [0.2, 0.25) is 10.0 Å². The van der Waals surface area contributed by atoms with Crippen LogP contribution < -0.4 is 4.72 Å². The molecule has 2 rings (SSSR count). The molecule has 0 unspecified atom stereocenters. The van der Waals surface area contributed by atoms with Gasteiger partial charge in [-0.05, 0) is 48.2 Å². The van der Waals surface area contributed by atoms with E-state index in [9.17, 15) is 27.9 Å². The second-order valence-corrected chi connectivity index (χ2v) is 10.0. The Morgan fingerprint density at radius 3 is 1.93 bits per heavy atom. The normalized spacial score (nSPS) is 12.9. The Labute approximate surface area is 159 Å². The Morgan fingerprint density at radius 2 is 1.48 bits per heavy atom. The van der Waals surface area contributed by atoms with E-state index in [1.54, 1.807) is 38.1 Å². The van der Waals surface area contributed by atoms with Gasteiger partial charge in [-0.25, -0.2) is 13.1 Å². The summed E-state index contributed by atoms with van der Waals surface area (Å²) in [6.07, 6.45) is 0.585. The molecule has 0 spiro atoms. The molecule has 0 heterocycles. The summed E-state index contributed by atoms with van der Waals surface area (Å²) in [4.78, 5) is 19.7. The van der Waals surface area contributed by atoms with E-state index in [0.717, 1.165) is 0 Å². The van der Waals surface area contributed by atoms with Crippen molar-refractivity contribution in [2.45, 2.75) is 43.3 Å². The number of phenols is 1. The number of rotatable bonds is 8. The van der Waals surface area contributed by atoms with Crippen molar-refractivity contribution in [1.82, 2.24) is 4.72 Å². The van der Waals surface area contributed by atoms with Crippen molar-refractivity contribution in [2.75, 3.05) is 0 Å². The summed E-state index contributed by atoms with van der Waals surface area (Å²) >= 11 is 0. The monoisotopic (exact) mass is 413 g/mol. The van der Waals surface area contributed by atoms with Crippen LogP contribution in [0.3, 0.4) is 0 Å². The molecule has 0 aliphatic heterocycles. The lowest BCUT2D eigenvalue weighted by molar-refractivity contribution is 0.315. The lowest BCUT2D eigenvalue weighted by atomic mass is 9.92. The van der Waals surface area contributed by atoms with Crippen LogP contribution in [0.2, 0.25) is 0 Å². The predicted molar refractivity (Wildman–Crippen MR) is 103 cm³/mol. The second kappa shape index (κ2) is 8.12. The van der Waals surface area contributed by atoms with E-state index in [1.807, 2.05) is 0 Å². The number of nitrogens with one attached hydrogen (secondary N) is 1. The van der Waals surface area contributed by atoms with Crippen LogP contribution in [0.1, 0.15) is 37.8 Å². The third-order valence-electron chi connectivity index (χ3n) is 4.83. The van der Waals surface area contributed by atoms with Crippen LogP contribution in [-0.4, -0.2) is 23.3 Å². The van der Waals surface area contributed by atoms with Gasteiger partial charge in [-0.15, -0.1) is 0 Å². The molecule has 0 bridgehead atoms. The van der Waals surface area contributed by atoms with Crippen LogP contribution in [0.15, 0.2) is 53.4 Å². The maximum Gasteiger partial charge on any atom is 0.335 e. The molecule has 2 aromatic rings. The van der Waals surface area contributed by atoms with E-state index in [1.165, 1.54) is 24.3 Å². The minimum atomic E-state index is -4.36. The van der Waals surface area contributed by atoms with E-state index in [0.29, 0.717) is 24.0 Å². The topological polar surface area (TPSA) is 124 Å². The maximum absolute atomic E-state index is 12.3. The molecule has 0 saturated heterocycles. The van der Waals surface area contributed by atoms with Crippen molar-refractivity contribution in [3.8, 4) is 5.75 Å². The molecule has 0 saturated carbocycles. The SMILES string of the molecule is CCC(CC)(c1ccc(CNS(=O)(=O)c2ccc(O)cc2)cc1)P(=O)(O)O. The van der Waals surface area contributed by atoms with Crippen molar-refractivity contribution in [3.05, 3.63) is 59.7 Å². The minimum absolute atomic E-state index is 0.0232. The van der Waals surface area contributed by atoms with Gasteiger partial charge >= 0.3 is 7.60 Å². The predicted octanol–water partition coefficient (Wildman–Crippen LogP) is 3.06. The average Bonchev–Trinajstić information content (AvgIpc) is 2.62. The molecular weight excluding hydrogens is 389 g/mol. The van der Waals surface area contributed by atoms with E-state index < -0.39 is 22.8 Å². The molecule has 0 fully saturated rings. The van der Waals surface area contributed by atoms with E-state index >= 15 is 0 Å². The van der Waals surface area contributed by atoms with Crippen molar-refractivity contribution in [1.29, 1.82) is 0 Å². The molecule has 9 heteroatoms. The summed E-state index contributed by atoms with van der Waals surface area (Å²) in [6.45, 7) is 3.51. The van der Waals surface area contributed by atoms with Crippen LogP contribution in [0.4, 0.5) is 0 Å². The average molecular weight is 413 g/mol. The van der Waals surface area contributed by atoms with E-state index in [4.69, 9.17) is 0 Å². The molecule has 148 valence electrons. The number of hydrogen-bond donors (Lipinski definition) is 4. The first kappa shape index (κ1) is 21.6. The Bertz CT molecular complexity index is 915. The fourth-order valence-electron chi connectivity index (χ4n) is 3.06. The Kier molecular flexibility index (Phi) is 6.50. The van der Waals surface area contributed by atoms with Crippen LogP contribution in [-0.2, 0) is 26.3 Å². The highest BCUT2D eigenvalue weighted by atomic mass is 32.2. The van der Waals surface area contributed by atoms with Gasteiger partial charge in [0.15, 0.2) is 0 Å². The van der Waals surface area contributed by atoms with E-state index in [2.05, 4.69) is 4.72 Å². The molecule has 27 heavy (non-hydrogen) atoms. The van der Waals surface area contributed by atoms with Crippen molar-refractivity contribution < 1.29 is 27.9 Å². The molecule has 0 atom stereocenters. The standard InChI is InChI=1S/C18H24NO6PS/c1-3-18(4-2,26(21,22)23)15-7-5-14(6-8-15)13-19-27(24,25)17-11-9-16(20)10-12-17/h5-12,19-20H,3-4,13H2,1-2H3,(H2,21,22,23). The maximum atomic E-state index is 12.3. The zero-order valence-electron chi connectivity index (χ0n) is 15.2. The first-order valence-corrected chi connectivity index (χ1v) is 11.6. The van der Waals surface area contributed by atoms with Crippen LogP contribution >= 0.6 is 7.60 Å². The smallest absolute Gasteiger partial charge is 0.335 e. The van der Waals surface area contributed by atoms with Crippen LogP contribution in [0.5, 0.6) is 5.75 Å². The first-order valence-electron chi connectivity index (χ1n) is 8.49. The molecule has 0 radical (unpaired) electrons. The summed E-state index contributed by atoms with van der Waals surface area (Å²) < 4.78 is 39.0. The third-order valence-corrected chi connectivity index (χ3v) is 8.25. The minimum Gasteiger partial charge on any atom is -0.508 e. The molecule has 2 aromatic carbocycles. The molecule has 0 aromatic heterocycles. The van der Waals surface area contributed by atoms with E-state index in [-0.39, 0.29) is 17.2 Å². The van der Waals surface area contributed by atoms with Crippen molar-refractivity contribution >= 4 is 17.6 Å². The molecule has 0 aliphatic rings. The fourth-order valence-corrected chi connectivity index (χ4v) is 5.39. The fraction of sp³-hybridized carbons (Fsp3) is 0.333. The van der Waals surface area contributed by atoms with Crippen LogP contribution in [0, 0.1) is 0 Å². The number of aromatic hydroxyl groups is 1. The first-order chi connectivity index (χ1) is 12.6. The second-order valence-electron chi connectivity index (χ2n) is 6.30. The van der Waals surface area contributed by atoms with Gasteiger partial charge in [-0.2, -0.15) is 0 Å². The lowest BCUT2D eigenvalue weighted by Gasteiger charge is -2.33. The van der Waals surface area contributed by atoms with Gasteiger partial charge in [-0.3, -0.25) is 4.57 Å². The van der Waals surface area contributed by atoms with Gasteiger partial charge in [0.25, 0.3) is 0 Å². The highest BCUT2D eigenvalue weighted by Crippen LogP contribution is 2.60. The number of sulfonamides is 1. The molecule has 4 N–H and O–H groups in total. The highest BCUT2D eigenvalue weighted by molar-refractivity contribution is 7.89. The molecule has 7 nitrogen and oxygen atoms in total. The Balaban J connectivity index is 2.18. The summed E-state index contributed by atoms with van der Waals surface area (Å²) in [7, 11) is -8.09. The van der Waals surface area contributed by atoms with Gasteiger partial charge < -0.3 is 14.9 Å². The molecule has 0 amide bonds. The third kappa shape index (κ3) is 4.59. The Morgan fingerprint density at radius 1 is 0.963 bits per heavy atom. The number of hydrogen-bond acceptors (Lipinski definition) is 4. The number of benzene rings is 2. The summed E-state index contributed by atoms with van der Waals surface area (Å²) in [5.74, 6) is -0.0232. The largest absolute Gasteiger partial charge is 0.508 e. The summed E-state index contributed by atoms with van der Waals surface area (Å²) in [6, 6.07) is 11.8. The van der Waals surface area contributed by atoms with Crippen molar-refractivity contribution in [3.63, 3.8) is 0 Å². The summed E-state index contributed by atoms with van der Waals surface area (Å²) in [5.41, 5.74) is 1.19. The lowest BCUT2D eigenvalue weighted by Crippen LogP contribution is -2.25. The Hall–Kier alpha value is -1.70. The van der Waals surface area contributed by atoms with Crippen LogP contribution in [0.25, 0.3) is 0 Å².